The van der Waals surface area contributed by atoms with Gasteiger partial charge in [0.05, 0.1) is 5.39 Å². The highest BCUT2D eigenvalue weighted by molar-refractivity contribution is 7.80. The summed E-state index contributed by atoms with van der Waals surface area (Å²) < 4.78 is 11.8. The van der Waals surface area contributed by atoms with Gasteiger partial charge in [0, 0.05) is 18.9 Å². The third kappa shape index (κ3) is 2.26. The second kappa shape index (κ2) is 5.25. The molecule has 0 radical (unpaired) electrons. The zero-order valence-corrected chi connectivity index (χ0v) is 10.6. The molecule has 0 bridgehead atoms. The van der Waals surface area contributed by atoms with Gasteiger partial charge in [-0.15, -0.1) is 0 Å². The minimum atomic E-state index is 0.183. The van der Waals surface area contributed by atoms with Crippen LogP contribution in [0, 0.1) is 0 Å². The summed E-state index contributed by atoms with van der Waals surface area (Å²) in [7, 11) is 1.55. The zero-order chi connectivity index (χ0) is 13.1. The number of aromatic nitrogens is 3. The fourth-order valence-electron chi connectivity index (χ4n) is 1.65. The van der Waals surface area contributed by atoms with Gasteiger partial charge in [0.25, 0.3) is 0 Å². The second-order valence-corrected chi connectivity index (χ2v) is 4.01. The average Bonchev–Trinajstić information content (AvgIpc) is 2.70. The molecule has 2 aromatic heterocycles. The number of fused-ring (bicyclic) bond motifs is 1. The van der Waals surface area contributed by atoms with E-state index in [4.69, 9.17) is 33.2 Å². The Morgan fingerprint density at radius 1 is 1.50 bits per heavy atom. The quantitative estimate of drug-likeness (QED) is 0.454. The Kier molecular flexibility index (Phi) is 3.70. The van der Waals surface area contributed by atoms with Crippen molar-refractivity contribution in [2.24, 2.45) is 5.73 Å². The lowest BCUT2D eigenvalue weighted by atomic mass is 10.2. The van der Waals surface area contributed by atoms with Crippen molar-refractivity contribution >= 4 is 34.1 Å². The van der Waals surface area contributed by atoms with Crippen molar-refractivity contribution in [3.63, 3.8) is 0 Å². The predicted octanol–water partition coefficient (Wildman–Crippen LogP) is 0.226. The van der Waals surface area contributed by atoms with Crippen LogP contribution in [-0.4, -0.2) is 33.4 Å². The maximum Gasteiger partial charge on any atom is 0.148 e. The van der Waals surface area contributed by atoms with Crippen LogP contribution in [0.4, 0.5) is 5.82 Å². The van der Waals surface area contributed by atoms with E-state index in [1.165, 1.54) is 6.33 Å². The molecule has 0 aliphatic rings. The number of hydrogen-bond donors (Lipinski definition) is 2. The number of thiocarbonyl (C=S) groups is 1. The van der Waals surface area contributed by atoms with Gasteiger partial charge in [-0.2, -0.15) is 0 Å². The Morgan fingerprint density at radius 2 is 2.28 bits per heavy atom. The summed E-state index contributed by atoms with van der Waals surface area (Å²) in [4.78, 5) is 8.34. The number of hydrogen-bond acceptors (Lipinski definition) is 6. The molecule has 0 saturated carbocycles. The van der Waals surface area contributed by atoms with Gasteiger partial charge in [0.1, 0.15) is 36.3 Å². The fraction of sp³-hybridized carbons (Fsp3) is 0.300. The first-order valence-corrected chi connectivity index (χ1v) is 5.51. The molecule has 8 heteroatoms. The van der Waals surface area contributed by atoms with Gasteiger partial charge in [-0.05, 0) is 0 Å². The highest BCUT2D eigenvalue weighted by atomic mass is 32.1. The summed E-state index contributed by atoms with van der Waals surface area (Å²) in [6.07, 6.45) is 3.13. The number of anilines is 1. The summed E-state index contributed by atoms with van der Waals surface area (Å²) >= 11 is 4.99. The standard InChI is InChI=1S/C10H13N5O2S/c1-16-5-17-4-15-2-6(9(12)18)7-8(11)13-3-14-10(7)15/h2-3H,4-5H2,1H3,(H2,12,18)(H2,11,13,14). The molecule has 0 amide bonds. The van der Waals surface area contributed by atoms with Crippen LogP contribution in [0.2, 0.25) is 0 Å². The maximum absolute atomic E-state index is 5.82. The minimum Gasteiger partial charge on any atom is -0.389 e. The number of ether oxygens (including phenoxy) is 2. The van der Waals surface area contributed by atoms with Crippen molar-refractivity contribution in [3.05, 3.63) is 18.1 Å². The van der Waals surface area contributed by atoms with E-state index in [0.717, 1.165) is 0 Å². The third-order valence-electron chi connectivity index (χ3n) is 2.38. The largest absolute Gasteiger partial charge is 0.389 e. The van der Waals surface area contributed by atoms with Crippen LogP contribution in [0.5, 0.6) is 0 Å². The van der Waals surface area contributed by atoms with Crippen molar-refractivity contribution in [1.29, 1.82) is 0 Å². The SMILES string of the molecule is COCOCn1cc(C(N)=S)c2c(N)ncnc21. The molecule has 2 rings (SSSR count). The molecule has 0 unspecified atom stereocenters. The lowest BCUT2D eigenvalue weighted by Crippen LogP contribution is -2.09. The Labute approximate surface area is 109 Å². The minimum absolute atomic E-state index is 0.183. The van der Waals surface area contributed by atoms with Crippen LogP contribution in [0.1, 0.15) is 5.56 Å². The summed E-state index contributed by atoms with van der Waals surface area (Å²) in [5.74, 6) is 0.341. The highest BCUT2D eigenvalue weighted by Crippen LogP contribution is 2.23. The van der Waals surface area contributed by atoms with E-state index in [-0.39, 0.29) is 18.5 Å². The normalized spacial score (nSPS) is 10.9. The molecule has 18 heavy (non-hydrogen) atoms. The summed E-state index contributed by atoms with van der Waals surface area (Å²) in [5, 5.41) is 0.644. The van der Waals surface area contributed by atoms with Gasteiger partial charge >= 0.3 is 0 Å². The Hall–Kier alpha value is -1.77. The Morgan fingerprint density at radius 3 is 2.94 bits per heavy atom. The van der Waals surface area contributed by atoms with Gasteiger partial charge in [-0.25, -0.2) is 9.97 Å². The first-order chi connectivity index (χ1) is 8.65. The molecule has 2 aromatic rings. The van der Waals surface area contributed by atoms with Crippen molar-refractivity contribution < 1.29 is 9.47 Å². The Bertz CT molecular complexity index is 583. The van der Waals surface area contributed by atoms with E-state index in [9.17, 15) is 0 Å². The third-order valence-corrected chi connectivity index (χ3v) is 2.60. The molecule has 0 atom stereocenters. The number of nitrogen functional groups attached to an aromatic ring is 1. The first-order valence-electron chi connectivity index (χ1n) is 5.11. The number of nitrogens with zero attached hydrogens (tertiary/aromatic N) is 3. The molecule has 0 spiro atoms. The summed E-state index contributed by atoms with van der Waals surface area (Å²) in [5.41, 5.74) is 12.7. The van der Waals surface area contributed by atoms with Crippen LogP contribution in [-0.2, 0) is 16.2 Å². The second-order valence-electron chi connectivity index (χ2n) is 3.57. The van der Waals surface area contributed by atoms with Gasteiger partial charge in [0.2, 0.25) is 0 Å². The van der Waals surface area contributed by atoms with E-state index < -0.39 is 0 Å². The molecule has 0 aliphatic carbocycles. The molecular formula is C10H13N5O2S. The van der Waals surface area contributed by atoms with E-state index in [1.54, 1.807) is 17.9 Å². The van der Waals surface area contributed by atoms with E-state index in [2.05, 4.69) is 9.97 Å². The average molecular weight is 267 g/mol. The molecule has 4 N–H and O–H groups in total. The molecule has 2 heterocycles. The van der Waals surface area contributed by atoms with Crippen LogP contribution in [0.15, 0.2) is 12.5 Å². The predicted molar refractivity (Wildman–Crippen MR) is 70.8 cm³/mol. The summed E-state index contributed by atoms with van der Waals surface area (Å²) in [6.45, 7) is 0.450. The van der Waals surface area contributed by atoms with Crippen molar-refractivity contribution in [3.8, 4) is 0 Å². The smallest absolute Gasteiger partial charge is 0.148 e. The van der Waals surface area contributed by atoms with E-state index in [0.29, 0.717) is 22.4 Å². The highest BCUT2D eigenvalue weighted by Gasteiger charge is 2.14. The lowest BCUT2D eigenvalue weighted by molar-refractivity contribution is -0.0581. The molecule has 0 aliphatic heterocycles. The molecular weight excluding hydrogens is 254 g/mol. The molecule has 7 nitrogen and oxygen atoms in total. The molecule has 0 saturated heterocycles. The Balaban J connectivity index is 2.48. The van der Waals surface area contributed by atoms with Gasteiger partial charge in [0.15, 0.2) is 0 Å². The van der Waals surface area contributed by atoms with Crippen LogP contribution in [0.25, 0.3) is 11.0 Å². The van der Waals surface area contributed by atoms with Crippen molar-refractivity contribution in [1.82, 2.24) is 14.5 Å². The maximum atomic E-state index is 5.82. The van der Waals surface area contributed by atoms with Gasteiger partial charge < -0.3 is 25.5 Å². The van der Waals surface area contributed by atoms with E-state index >= 15 is 0 Å². The zero-order valence-electron chi connectivity index (χ0n) is 9.79. The number of nitrogens with two attached hydrogens (primary N) is 2. The number of rotatable bonds is 5. The molecule has 0 aromatic carbocycles. The van der Waals surface area contributed by atoms with Gasteiger partial charge in [-0.3, -0.25) is 0 Å². The first kappa shape index (κ1) is 12.7. The van der Waals surface area contributed by atoms with E-state index in [1.807, 2.05) is 0 Å². The topological polar surface area (TPSA) is 101 Å². The van der Waals surface area contributed by atoms with Crippen LogP contribution < -0.4 is 11.5 Å². The fourth-order valence-corrected chi connectivity index (χ4v) is 1.81. The van der Waals surface area contributed by atoms with Crippen molar-refractivity contribution in [2.75, 3.05) is 19.6 Å². The molecule has 96 valence electrons. The number of methoxy groups -OCH3 is 1. The lowest BCUT2D eigenvalue weighted by Gasteiger charge is -2.05. The van der Waals surface area contributed by atoms with Crippen LogP contribution >= 0.6 is 12.2 Å². The monoisotopic (exact) mass is 267 g/mol. The van der Waals surface area contributed by atoms with Crippen LogP contribution in [0.3, 0.4) is 0 Å². The summed E-state index contributed by atoms with van der Waals surface area (Å²) in [6, 6.07) is 0. The van der Waals surface area contributed by atoms with Gasteiger partial charge in [-0.1, -0.05) is 12.2 Å². The van der Waals surface area contributed by atoms with Crippen molar-refractivity contribution in [2.45, 2.75) is 6.73 Å². The molecule has 0 fully saturated rings.